The molecule has 0 radical (unpaired) electrons. The lowest BCUT2D eigenvalue weighted by Gasteiger charge is -2.28. The first-order valence-corrected chi connectivity index (χ1v) is 10.1. The van der Waals surface area contributed by atoms with Crippen LogP contribution < -0.4 is 0 Å². The van der Waals surface area contributed by atoms with Gasteiger partial charge in [-0.3, -0.25) is 9.88 Å². The fourth-order valence-electron chi connectivity index (χ4n) is 3.77. The van der Waals surface area contributed by atoms with E-state index < -0.39 is 0 Å². The molecule has 1 aliphatic heterocycles. The highest BCUT2D eigenvalue weighted by Gasteiger charge is 2.19. The number of hydrogen-bond donors (Lipinski definition) is 0. The maximum absolute atomic E-state index is 4.76. The Morgan fingerprint density at radius 3 is 2.64 bits per heavy atom. The van der Waals surface area contributed by atoms with Gasteiger partial charge in [0.1, 0.15) is 5.82 Å². The van der Waals surface area contributed by atoms with Gasteiger partial charge in [-0.15, -0.1) is 0 Å². The molecule has 144 valence electrons. The van der Waals surface area contributed by atoms with E-state index in [-0.39, 0.29) is 0 Å². The van der Waals surface area contributed by atoms with E-state index >= 15 is 0 Å². The summed E-state index contributed by atoms with van der Waals surface area (Å²) in [7, 11) is 0. The van der Waals surface area contributed by atoms with Crippen molar-refractivity contribution in [2.75, 3.05) is 6.54 Å². The van der Waals surface area contributed by atoms with Gasteiger partial charge in [-0.25, -0.2) is 9.97 Å². The summed E-state index contributed by atoms with van der Waals surface area (Å²) in [5.74, 6) is 1.34. The summed E-state index contributed by atoms with van der Waals surface area (Å²) in [6.07, 6.45) is 5.03. The third kappa shape index (κ3) is 3.83. The molecule has 1 aliphatic rings. The summed E-state index contributed by atoms with van der Waals surface area (Å²) in [6, 6.07) is 10.8. The van der Waals surface area contributed by atoms with Gasteiger partial charge in [0.05, 0.1) is 5.69 Å². The largest absolute Gasteiger partial charge is 0.294 e. The molecule has 0 saturated heterocycles. The van der Waals surface area contributed by atoms with Crippen LogP contribution in [0.4, 0.5) is 0 Å². The lowest BCUT2D eigenvalue weighted by atomic mass is 10.0. The molecular formula is C24H28N4. The topological polar surface area (TPSA) is 41.9 Å². The summed E-state index contributed by atoms with van der Waals surface area (Å²) in [6.45, 7) is 11.4. The molecule has 0 N–H and O–H groups in total. The number of fused-ring (bicyclic) bond motifs is 1. The minimum atomic E-state index is 0.380. The van der Waals surface area contributed by atoms with Crippen molar-refractivity contribution in [2.24, 2.45) is 0 Å². The van der Waals surface area contributed by atoms with Crippen molar-refractivity contribution in [1.82, 2.24) is 19.9 Å². The van der Waals surface area contributed by atoms with Gasteiger partial charge in [-0.1, -0.05) is 38.1 Å². The average Bonchev–Trinajstić information content (AvgIpc) is 2.70. The van der Waals surface area contributed by atoms with Crippen LogP contribution in [-0.2, 0) is 19.5 Å². The van der Waals surface area contributed by atoms with Crippen molar-refractivity contribution in [3.05, 3.63) is 76.5 Å². The molecule has 0 aliphatic carbocycles. The van der Waals surface area contributed by atoms with Gasteiger partial charge in [0, 0.05) is 61.2 Å². The van der Waals surface area contributed by atoms with Gasteiger partial charge >= 0.3 is 0 Å². The third-order valence-corrected chi connectivity index (χ3v) is 5.66. The van der Waals surface area contributed by atoms with Crippen LogP contribution in [0.5, 0.6) is 0 Å². The standard InChI is InChI=1S/C24H28N4/c1-16(2)24-26-13-20-15-28(11-10-22(20)27-24)14-19-8-9-23(25-12-19)21-7-5-6-17(3)18(21)4/h5-9,12-13,16H,10-11,14-15H2,1-4H3. The second-order valence-electron chi connectivity index (χ2n) is 8.11. The highest BCUT2D eigenvalue weighted by atomic mass is 15.1. The number of benzene rings is 1. The maximum atomic E-state index is 4.76. The fraction of sp³-hybridized carbons (Fsp3) is 0.375. The van der Waals surface area contributed by atoms with Crippen molar-refractivity contribution >= 4 is 0 Å². The van der Waals surface area contributed by atoms with E-state index in [1.165, 1.54) is 33.5 Å². The minimum Gasteiger partial charge on any atom is -0.294 e. The van der Waals surface area contributed by atoms with Gasteiger partial charge in [0.2, 0.25) is 0 Å². The van der Waals surface area contributed by atoms with Crippen LogP contribution in [0.15, 0.2) is 42.7 Å². The highest BCUT2D eigenvalue weighted by molar-refractivity contribution is 5.64. The lowest BCUT2D eigenvalue weighted by Crippen LogP contribution is -2.31. The Hall–Kier alpha value is -2.59. The zero-order chi connectivity index (χ0) is 19.7. The molecule has 4 heteroatoms. The van der Waals surface area contributed by atoms with Crippen LogP contribution in [0.2, 0.25) is 0 Å². The SMILES string of the molecule is Cc1cccc(-c2ccc(CN3CCc4nc(C(C)C)ncc4C3)cn2)c1C. The monoisotopic (exact) mass is 372 g/mol. The minimum absolute atomic E-state index is 0.380. The smallest absolute Gasteiger partial charge is 0.131 e. The first-order valence-electron chi connectivity index (χ1n) is 10.1. The van der Waals surface area contributed by atoms with Crippen LogP contribution in [-0.4, -0.2) is 26.4 Å². The third-order valence-electron chi connectivity index (χ3n) is 5.66. The zero-order valence-electron chi connectivity index (χ0n) is 17.2. The summed E-state index contributed by atoms with van der Waals surface area (Å²) in [5, 5.41) is 0. The Labute approximate surface area is 167 Å². The van der Waals surface area contributed by atoms with E-state index in [0.717, 1.165) is 37.6 Å². The molecule has 0 saturated carbocycles. The molecule has 28 heavy (non-hydrogen) atoms. The molecule has 0 bridgehead atoms. The number of aryl methyl sites for hydroxylation is 1. The van der Waals surface area contributed by atoms with Crippen molar-refractivity contribution < 1.29 is 0 Å². The molecule has 0 atom stereocenters. The maximum Gasteiger partial charge on any atom is 0.131 e. The van der Waals surface area contributed by atoms with Crippen molar-refractivity contribution in [3.63, 3.8) is 0 Å². The molecule has 0 amide bonds. The molecule has 0 fully saturated rings. The number of pyridine rings is 1. The lowest BCUT2D eigenvalue weighted by molar-refractivity contribution is 0.242. The van der Waals surface area contributed by atoms with Crippen LogP contribution in [0.25, 0.3) is 11.3 Å². The molecule has 3 aromatic rings. The van der Waals surface area contributed by atoms with E-state index in [1.54, 1.807) is 0 Å². The molecule has 3 heterocycles. The number of aromatic nitrogens is 3. The number of nitrogens with zero attached hydrogens (tertiary/aromatic N) is 4. The van der Waals surface area contributed by atoms with Crippen LogP contribution in [0.3, 0.4) is 0 Å². The van der Waals surface area contributed by atoms with Gasteiger partial charge in [-0.05, 0) is 36.6 Å². The highest BCUT2D eigenvalue weighted by Crippen LogP contribution is 2.25. The van der Waals surface area contributed by atoms with E-state index in [2.05, 4.69) is 67.9 Å². The summed E-state index contributed by atoms with van der Waals surface area (Å²) < 4.78 is 0. The van der Waals surface area contributed by atoms with Crippen molar-refractivity contribution in [2.45, 2.75) is 53.1 Å². The Morgan fingerprint density at radius 1 is 1.04 bits per heavy atom. The average molecular weight is 373 g/mol. The predicted octanol–water partition coefficient (Wildman–Crippen LogP) is 4.84. The summed E-state index contributed by atoms with van der Waals surface area (Å²) in [5.41, 5.74) is 8.60. The number of rotatable bonds is 4. The molecule has 4 rings (SSSR count). The summed E-state index contributed by atoms with van der Waals surface area (Å²) in [4.78, 5) is 16.5. The van der Waals surface area contributed by atoms with E-state index in [9.17, 15) is 0 Å². The van der Waals surface area contributed by atoms with Gasteiger partial charge in [-0.2, -0.15) is 0 Å². The first kappa shape index (κ1) is 18.8. The molecule has 0 unspecified atom stereocenters. The number of hydrogen-bond acceptors (Lipinski definition) is 4. The van der Waals surface area contributed by atoms with Crippen molar-refractivity contribution in [1.29, 1.82) is 0 Å². The van der Waals surface area contributed by atoms with Gasteiger partial charge in [0.15, 0.2) is 0 Å². The van der Waals surface area contributed by atoms with E-state index in [0.29, 0.717) is 5.92 Å². The second-order valence-corrected chi connectivity index (χ2v) is 8.11. The molecule has 2 aromatic heterocycles. The zero-order valence-corrected chi connectivity index (χ0v) is 17.2. The Bertz CT molecular complexity index is 976. The predicted molar refractivity (Wildman–Crippen MR) is 113 cm³/mol. The normalized spacial score (nSPS) is 14.3. The van der Waals surface area contributed by atoms with Crippen LogP contribution in [0.1, 0.15) is 53.5 Å². The van der Waals surface area contributed by atoms with Crippen LogP contribution >= 0.6 is 0 Å². The van der Waals surface area contributed by atoms with Gasteiger partial charge in [0.25, 0.3) is 0 Å². The van der Waals surface area contributed by atoms with E-state index in [1.807, 2.05) is 12.4 Å². The Morgan fingerprint density at radius 2 is 1.89 bits per heavy atom. The molecular weight excluding hydrogens is 344 g/mol. The van der Waals surface area contributed by atoms with Gasteiger partial charge < -0.3 is 0 Å². The van der Waals surface area contributed by atoms with Crippen molar-refractivity contribution in [3.8, 4) is 11.3 Å². The van der Waals surface area contributed by atoms with E-state index in [4.69, 9.17) is 9.97 Å². The molecule has 0 spiro atoms. The molecule has 4 nitrogen and oxygen atoms in total. The molecule has 1 aromatic carbocycles. The fourth-order valence-corrected chi connectivity index (χ4v) is 3.77. The van der Waals surface area contributed by atoms with Crippen LogP contribution in [0, 0.1) is 13.8 Å². The summed E-state index contributed by atoms with van der Waals surface area (Å²) >= 11 is 0. The quantitative estimate of drug-likeness (QED) is 0.657. The Kier molecular flexibility index (Phi) is 5.23. The second kappa shape index (κ2) is 7.80. The first-order chi connectivity index (χ1) is 13.5. The Balaban J connectivity index is 1.46.